The lowest BCUT2D eigenvalue weighted by Gasteiger charge is -2.06. The Balaban J connectivity index is 1.76. The molecule has 4 rings (SSSR count). The number of aromatic amines is 1. The molecule has 0 bridgehead atoms. The molecule has 0 spiro atoms. The van der Waals surface area contributed by atoms with Crippen molar-refractivity contribution < 1.29 is 13.9 Å². The van der Waals surface area contributed by atoms with Crippen molar-refractivity contribution in [3.63, 3.8) is 0 Å². The second-order valence-corrected chi connectivity index (χ2v) is 6.81. The summed E-state index contributed by atoms with van der Waals surface area (Å²) < 4.78 is 20.3. The summed E-state index contributed by atoms with van der Waals surface area (Å²) in [6.45, 7) is -0.0958. The normalized spacial score (nSPS) is 11.0. The number of halogens is 1. The molecule has 4 aromatic rings. The molecule has 0 atom stereocenters. The van der Waals surface area contributed by atoms with Crippen LogP contribution in [-0.4, -0.2) is 27.4 Å². The van der Waals surface area contributed by atoms with E-state index in [2.05, 4.69) is 9.97 Å². The lowest BCUT2D eigenvalue weighted by Crippen LogP contribution is -2.21. The number of rotatable bonds is 5. The molecule has 1 aromatic carbocycles. The van der Waals surface area contributed by atoms with Crippen LogP contribution in [0.15, 0.2) is 52.8 Å². The van der Waals surface area contributed by atoms with Gasteiger partial charge in [0.2, 0.25) is 0 Å². The highest BCUT2D eigenvalue weighted by Gasteiger charge is 2.15. The number of methoxy groups -OCH3 is 1. The van der Waals surface area contributed by atoms with Crippen LogP contribution in [0.3, 0.4) is 0 Å². The van der Waals surface area contributed by atoms with E-state index in [-0.39, 0.29) is 18.1 Å². The number of ketones is 1. The van der Waals surface area contributed by atoms with Gasteiger partial charge in [-0.2, -0.15) is 0 Å². The zero-order chi connectivity index (χ0) is 19.0. The van der Waals surface area contributed by atoms with Crippen molar-refractivity contribution in [1.29, 1.82) is 0 Å². The second-order valence-electron chi connectivity index (χ2n) is 5.86. The fourth-order valence-corrected chi connectivity index (χ4v) is 3.51. The number of aromatic nitrogens is 3. The number of hydrogen-bond acceptors (Lipinski definition) is 5. The molecule has 0 aliphatic heterocycles. The van der Waals surface area contributed by atoms with Gasteiger partial charge in [-0.3, -0.25) is 14.3 Å². The van der Waals surface area contributed by atoms with Crippen molar-refractivity contribution >= 4 is 28.3 Å². The highest BCUT2D eigenvalue weighted by Crippen LogP contribution is 2.26. The number of ether oxygens (including phenoxy) is 1. The standard InChI is InChI=1S/C19H14FN3O3S/c1-26-16-5-4-11(7-13(16)20)12-8-14-18(21-9-12)22-19(25)23(14)10-15(24)17-3-2-6-27-17/h2-9H,10H2,1H3,(H,21,22,25). The first-order valence-corrected chi connectivity index (χ1v) is 8.94. The minimum atomic E-state index is -0.491. The number of Topliss-reactive ketones (excluding diaryl/α,β-unsaturated/α-hetero) is 1. The van der Waals surface area contributed by atoms with E-state index in [4.69, 9.17) is 4.74 Å². The van der Waals surface area contributed by atoms with Gasteiger partial charge in [-0.15, -0.1) is 11.3 Å². The van der Waals surface area contributed by atoms with Crippen molar-refractivity contribution in [3.8, 4) is 16.9 Å². The summed E-state index contributed by atoms with van der Waals surface area (Å²) in [5, 5.41) is 1.81. The molecule has 0 radical (unpaired) electrons. The monoisotopic (exact) mass is 383 g/mol. The van der Waals surface area contributed by atoms with Gasteiger partial charge < -0.3 is 4.74 Å². The van der Waals surface area contributed by atoms with Crippen LogP contribution >= 0.6 is 11.3 Å². The second kappa shape index (κ2) is 6.81. The first-order valence-electron chi connectivity index (χ1n) is 8.06. The van der Waals surface area contributed by atoms with Crippen molar-refractivity contribution in [3.05, 3.63) is 69.2 Å². The molecule has 0 saturated carbocycles. The molecule has 0 aliphatic rings. The summed E-state index contributed by atoms with van der Waals surface area (Å²) in [6, 6.07) is 9.79. The minimum Gasteiger partial charge on any atom is -0.494 e. The average molecular weight is 383 g/mol. The van der Waals surface area contributed by atoms with Crippen LogP contribution in [0.25, 0.3) is 22.3 Å². The molecular formula is C19H14FN3O3S. The average Bonchev–Trinajstić information content (AvgIpc) is 3.30. The van der Waals surface area contributed by atoms with E-state index in [1.807, 2.05) is 5.38 Å². The molecule has 0 unspecified atom stereocenters. The maximum atomic E-state index is 14.0. The molecule has 0 aliphatic carbocycles. The highest BCUT2D eigenvalue weighted by molar-refractivity contribution is 7.12. The van der Waals surface area contributed by atoms with Crippen molar-refractivity contribution in [2.75, 3.05) is 7.11 Å². The SMILES string of the molecule is COc1ccc(-c2cnc3[nH]c(=O)n(CC(=O)c4cccs4)c3c2)cc1F. The first-order chi connectivity index (χ1) is 13.1. The van der Waals surface area contributed by atoms with Gasteiger partial charge in [0.05, 0.1) is 24.0 Å². The third-order valence-corrected chi connectivity index (χ3v) is 5.12. The lowest BCUT2D eigenvalue weighted by atomic mass is 10.1. The van der Waals surface area contributed by atoms with Gasteiger partial charge in [0.25, 0.3) is 0 Å². The van der Waals surface area contributed by atoms with Gasteiger partial charge in [-0.05, 0) is 35.2 Å². The maximum absolute atomic E-state index is 14.0. The van der Waals surface area contributed by atoms with Crippen LogP contribution in [0.2, 0.25) is 0 Å². The van der Waals surface area contributed by atoms with E-state index in [1.54, 1.807) is 30.5 Å². The maximum Gasteiger partial charge on any atom is 0.328 e. The van der Waals surface area contributed by atoms with Crippen molar-refractivity contribution in [1.82, 2.24) is 14.5 Å². The van der Waals surface area contributed by atoms with E-state index < -0.39 is 11.5 Å². The molecule has 8 heteroatoms. The number of fused-ring (bicyclic) bond motifs is 1. The number of nitrogens with zero attached hydrogens (tertiary/aromatic N) is 2. The highest BCUT2D eigenvalue weighted by atomic mass is 32.1. The number of thiophene rings is 1. The number of imidazole rings is 1. The van der Waals surface area contributed by atoms with E-state index in [9.17, 15) is 14.0 Å². The molecule has 3 heterocycles. The zero-order valence-corrected chi connectivity index (χ0v) is 15.0. The van der Waals surface area contributed by atoms with Gasteiger partial charge in [-0.1, -0.05) is 12.1 Å². The summed E-state index contributed by atoms with van der Waals surface area (Å²) in [7, 11) is 1.40. The van der Waals surface area contributed by atoms with Gasteiger partial charge in [0.15, 0.2) is 23.0 Å². The lowest BCUT2D eigenvalue weighted by molar-refractivity contribution is 0.0976. The molecule has 0 amide bonds. The molecule has 27 heavy (non-hydrogen) atoms. The molecule has 6 nitrogen and oxygen atoms in total. The third-order valence-electron chi connectivity index (χ3n) is 4.21. The number of carbonyl (C=O) groups is 1. The Morgan fingerprint density at radius 1 is 1.30 bits per heavy atom. The molecule has 136 valence electrons. The predicted octanol–water partition coefficient (Wildman–Crippen LogP) is 3.48. The van der Waals surface area contributed by atoms with Crippen molar-refractivity contribution in [2.45, 2.75) is 6.54 Å². The Labute approximate surface area is 156 Å². The van der Waals surface area contributed by atoms with Gasteiger partial charge >= 0.3 is 5.69 Å². The smallest absolute Gasteiger partial charge is 0.328 e. The van der Waals surface area contributed by atoms with Gasteiger partial charge in [0.1, 0.15) is 0 Å². The summed E-state index contributed by atoms with van der Waals surface area (Å²) in [4.78, 5) is 32.1. The van der Waals surface area contributed by atoms with Crippen LogP contribution in [0.4, 0.5) is 4.39 Å². The minimum absolute atomic E-state index is 0.0958. The third kappa shape index (κ3) is 3.15. The van der Waals surface area contributed by atoms with Gasteiger partial charge in [0, 0.05) is 11.8 Å². The Kier molecular flexibility index (Phi) is 4.33. The van der Waals surface area contributed by atoms with E-state index in [0.717, 1.165) is 0 Å². The molecule has 0 saturated heterocycles. The quantitative estimate of drug-likeness (QED) is 0.535. The Morgan fingerprint density at radius 3 is 2.85 bits per heavy atom. The van der Waals surface area contributed by atoms with Crippen LogP contribution in [0.5, 0.6) is 5.75 Å². The Hall–Kier alpha value is -3.26. The molecule has 3 aromatic heterocycles. The Bertz CT molecular complexity index is 1190. The number of nitrogens with one attached hydrogen (secondary N) is 1. The fraction of sp³-hybridized carbons (Fsp3) is 0.105. The summed E-state index contributed by atoms with van der Waals surface area (Å²) in [5.41, 5.74) is 1.66. The number of pyridine rings is 1. The Morgan fingerprint density at radius 2 is 2.15 bits per heavy atom. The van der Waals surface area contributed by atoms with E-state index in [1.165, 1.54) is 35.1 Å². The van der Waals surface area contributed by atoms with Crippen molar-refractivity contribution in [2.24, 2.45) is 0 Å². The van der Waals surface area contributed by atoms with E-state index >= 15 is 0 Å². The van der Waals surface area contributed by atoms with Crippen LogP contribution in [-0.2, 0) is 6.54 Å². The summed E-state index contributed by atoms with van der Waals surface area (Å²) >= 11 is 1.32. The van der Waals surface area contributed by atoms with Crippen LogP contribution in [0.1, 0.15) is 9.67 Å². The van der Waals surface area contributed by atoms with Gasteiger partial charge in [-0.25, -0.2) is 14.2 Å². The molecular weight excluding hydrogens is 369 g/mol. The topological polar surface area (TPSA) is 77.0 Å². The molecule has 0 fully saturated rings. The zero-order valence-electron chi connectivity index (χ0n) is 14.2. The number of benzene rings is 1. The number of hydrogen-bond donors (Lipinski definition) is 1. The number of carbonyl (C=O) groups excluding carboxylic acids is 1. The van der Waals surface area contributed by atoms with Crippen LogP contribution in [0, 0.1) is 5.82 Å². The summed E-state index contributed by atoms with van der Waals surface area (Å²) in [6.07, 6.45) is 1.55. The first kappa shape index (κ1) is 17.2. The van der Waals surface area contributed by atoms with E-state index in [0.29, 0.717) is 27.2 Å². The molecule has 1 N–H and O–H groups in total. The summed E-state index contributed by atoms with van der Waals surface area (Å²) in [5.74, 6) is -0.504. The number of H-pyrrole nitrogens is 1. The predicted molar refractivity (Wildman–Crippen MR) is 101 cm³/mol. The van der Waals surface area contributed by atoms with Crippen LogP contribution < -0.4 is 10.4 Å². The fourth-order valence-electron chi connectivity index (χ4n) is 2.85. The largest absolute Gasteiger partial charge is 0.494 e.